The van der Waals surface area contributed by atoms with Crippen molar-refractivity contribution >= 4 is 11.6 Å². The Morgan fingerprint density at radius 3 is 2.59 bits per heavy atom. The number of hydrogen-bond acceptors (Lipinski definition) is 3. The number of hydrogen-bond donors (Lipinski definition) is 2. The Bertz CT molecular complexity index is 601. The van der Waals surface area contributed by atoms with Crippen molar-refractivity contribution in [3.63, 3.8) is 0 Å². The second kappa shape index (κ2) is 6.75. The van der Waals surface area contributed by atoms with E-state index >= 15 is 0 Å². The SMILES string of the molecule is O=C(Nc1ccc(-n2ccnc2)cc1)C(O)C1CCCCC1. The molecule has 0 radical (unpaired) electrons. The average molecular weight is 299 g/mol. The first-order valence-electron chi connectivity index (χ1n) is 7.81. The minimum atomic E-state index is -0.909. The highest BCUT2D eigenvalue weighted by Crippen LogP contribution is 2.27. The fourth-order valence-electron chi connectivity index (χ4n) is 3.01. The molecule has 1 aromatic carbocycles. The third-order valence-electron chi connectivity index (χ3n) is 4.30. The van der Waals surface area contributed by atoms with Crippen LogP contribution in [0.1, 0.15) is 32.1 Å². The second-order valence-electron chi connectivity index (χ2n) is 5.85. The summed E-state index contributed by atoms with van der Waals surface area (Å²) in [4.78, 5) is 16.2. The van der Waals surface area contributed by atoms with Gasteiger partial charge in [0.25, 0.3) is 5.91 Å². The molecule has 1 aliphatic rings. The first-order valence-corrected chi connectivity index (χ1v) is 7.81. The number of benzene rings is 1. The van der Waals surface area contributed by atoms with Crippen LogP contribution in [0.3, 0.4) is 0 Å². The first kappa shape index (κ1) is 14.8. The highest BCUT2D eigenvalue weighted by molar-refractivity contribution is 5.94. The van der Waals surface area contributed by atoms with E-state index in [1.54, 1.807) is 12.5 Å². The number of carbonyl (C=O) groups excluding carboxylic acids is 1. The molecule has 0 bridgehead atoms. The van der Waals surface area contributed by atoms with Crippen molar-refractivity contribution in [1.29, 1.82) is 0 Å². The maximum absolute atomic E-state index is 12.1. The summed E-state index contributed by atoms with van der Waals surface area (Å²) in [5.74, 6) is -0.207. The van der Waals surface area contributed by atoms with Gasteiger partial charge in [0.05, 0.1) is 6.33 Å². The summed E-state index contributed by atoms with van der Waals surface area (Å²) in [5, 5.41) is 13.0. The van der Waals surface area contributed by atoms with Crippen LogP contribution in [0.25, 0.3) is 5.69 Å². The van der Waals surface area contributed by atoms with Crippen molar-refractivity contribution < 1.29 is 9.90 Å². The molecular formula is C17H21N3O2. The van der Waals surface area contributed by atoms with Crippen LogP contribution in [0, 0.1) is 5.92 Å². The minimum absolute atomic E-state index is 0.0963. The van der Waals surface area contributed by atoms with Crippen LogP contribution < -0.4 is 5.32 Å². The van der Waals surface area contributed by atoms with Crippen LogP contribution in [0.2, 0.25) is 0 Å². The van der Waals surface area contributed by atoms with Crippen molar-refractivity contribution in [3.8, 4) is 5.69 Å². The smallest absolute Gasteiger partial charge is 0.253 e. The molecule has 3 rings (SSSR count). The van der Waals surface area contributed by atoms with Gasteiger partial charge in [-0.05, 0) is 43.0 Å². The maximum Gasteiger partial charge on any atom is 0.253 e. The van der Waals surface area contributed by atoms with Gasteiger partial charge in [-0.25, -0.2) is 4.98 Å². The Labute approximate surface area is 130 Å². The standard InChI is InChI=1S/C17H21N3O2/c21-16(13-4-2-1-3-5-13)17(22)19-14-6-8-15(9-7-14)20-11-10-18-12-20/h6-13,16,21H,1-5H2,(H,19,22). The number of aromatic nitrogens is 2. The molecule has 1 unspecified atom stereocenters. The Kier molecular flexibility index (Phi) is 4.53. The van der Waals surface area contributed by atoms with Gasteiger partial charge in [0.1, 0.15) is 6.10 Å². The summed E-state index contributed by atoms with van der Waals surface area (Å²) < 4.78 is 1.89. The molecule has 1 saturated carbocycles. The van der Waals surface area contributed by atoms with Gasteiger partial charge in [-0.3, -0.25) is 4.79 Å². The van der Waals surface area contributed by atoms with Crippen molar-refractivity contribution in [3.05, 3.63) is 43.0 Å². The van der Waals surface area contributed by atoms with Crippen LogP contribution in [0.5, 0.6) is 0 Å². The van der Waals surface area contributed by atoms with Gasteiger partial charge in [0.15, 0.2) is 0 Å². The third kappa shape index (κ3) is 3.36. The van der Waals surface area contributed by atoms with Crippen molar-refractivity contribution in [2.75, 3.05) is 5.32 Å². The lowest BCUT2D eigenvalue weighted by atomic mass is 9.85. The molecular weight excluding hydrogens is 278 g/mol. The molecule has 2 N–H and O–H groups in total. The van der Waals surface area contributed by atoms with Gasteiger partial charge in [-0.1, -0.05) is 19.3 Å². The van der Waals surface area contributed by atoms with E-state index in [0.717, 1.165) is 31.4 Å². The molecule has 5 nitrogen and oxygen atoms in total. The number of nitrogens with zero attached hydrogens (tertiary/aromatic N) is 2. The summed E-state index contributed by atoms with van der Waals surface area (Å²) in [6.07, 6.45) is 9.69. The molecule has 0 saturated heterocycles. The molecule has 2 aromatic rings. The van der Waals surface area contributed by atoms with E-state index in [-0.39, 0.29) is 11.8 Å². The van der Waals surface area contributed by atoms with Crippen LogP contribution in [0.4, 0.5) is 5.69 Å². The lowest BCUT2D eigenvalue weighted by molar-refractivity contribution is -0.127. The van der Waals surface area contributed by atoms with E-state index in [1.807, 2.05) is 35.0 Å². The van der Waals surface area contributed by atoms with Crippen LogP contribution >= 0.6 is 0 Å². The van der Waals surface area contributed by atoms with Gasteiger partial charge >= 0.3 is 0 Å². The summed E-state index contributed by atoms with van der Waals surface area (Å²) >= 11 is 0. The van der Waals surface area contributed by atoms with Gasteiger partial charge in [-0.15, -0.1) is 0 Å². The van der Waals surface area contributed by atoms with Crippen molar-refractivity contribution in [2.45, 2.75) is 38.2 Å². The third-order valence-corrected chi connectivity index (χ3v) is 4.30. The summed E-state index contributed by atoms with van der Waals surface area (Å²) in [5.41, 5.74) is 1.67. The number of nitrogens with one attached hydrogen (secondary N) is 1. The molecule has 1 heterocycles. The second-order valence-corrected chi connectivity index (χ2v) is 5.85. The number of aliphatic hydroxyl groups excluding tert-OH is 1. The number of amides is 1. The largest absolute Gasteiger partial charge is 0.383 e. The Morgan fingerprint density at radius 1 is 1.23 bits per heavy atom. The predicted octanol–water partition coefficient (Wildman–Crippen LogP) is 2.75. The van der Waals surface area contributed by atoms with Gasteiger partial charge in [0.2, 0.25) is 0 Å². The molecule has 5 heteroatoms. The van der Waals surface area contributed by atoms with E-state index < -0.39 is 6.10 Å². The van der Waals surface area contributed by atoms with Crippen LogP contribution in [0.15, 0.2) is 43.0 Å². The number of rotatable bonds is 4. The molecule has 1 aliphatic carbocycles. The van der Waals surface area contributed by atoms with E-state index in [4.69, 9.17) is 0 Å². The van der Waals surface area contributed by atoms with Crippen molar-refractivity contribution in [2.24, 2.45) is 5.92 Å². The average Bonchev–Trinajstić information content (AvgIpc) is 3.10. The van der Waals surface area contributed by atoms with Gasteiger partial charge < -0.3 is 15.0 Å². The molecule has 0 spiro atoms. The van der Waals surface area contributed by atoms with E-state index in [0.29, 0.717) is 5.69 Å². The highest BCUT2D eigenvalue weighted by Gasteiger charge is 2.27. The highest BCUT2D eigenvalue weighted by atomic mass is 16.3. The summed E-state index contributed by atoms with van der Waals surface area (Å²) in [6, 6.07) is 7.48. The van der Waals surface area contributed by atoms with Crippen molar-refractivity contribution in [1.82, 2.24) is 9.55 Å². The topological polar surface area (TPSA) is 67.2 Å². The summed E-state index contributed by atoms with van der Waals surface area (Å²) in [7, 11) is 0. The molecule has 1 aromatic heterocycles. The van der Waals surface area contributed by atoms with E-state index in [9.17, 15) is 9.90 Å². The first-order chi connectivity index (χ1) is 10.7. The number of imidazole rings is 1. The van der Waals surface area contributed by atoms with Gasteiger partial charge in [0, 0.05) is 23.8 Å². The number of anilines is 1. The molecule has 1 atom stereocenters. The fourth-order valence-corrected chi connectivity index (χ4v) is 3.01. The Hall–Kier alpha value is -2.14. The van der Waals surface area contributed by atoms with Crippen LogP contribution in [-0.4, -0.2) is 26.7 Å². The van der Waals surface area contributed by atoms with Crippen LogP contribution in [-0.2, 0) is 4.79 Å². The lowest BCUT2D eigenvalue weighted by Crippen LogP contribution is -2.35. The molecule has 116 valence electrons. The maximum atomic E-state index is 12.1. The zero-order valence-corrected chi connectivity index (χ0v) is 12.5. The van der Waals surface area contributed by atoms with E-state index in [1.165, 1.54) is 6.42 Å². The monoisotopic (exact) mass is 299 g/mol. The molecule has 0 aliphatic heterocycles. The van der Waals surface area contributed by atoms with E-state index in [2.05, 4.69) is 10.3 Å². The predicted molar refractivity (Wildman–Crippen MR) is 84.8 cm³/mol. The summed E-state index contributed by atoms with van der Waals surface area (Å²) in [6.45, 7) is 0. The number of aliphatic hydroxyl groups is 1. The zero-order chi connectivity index (χ0) is 15.4. The van der Waals surface area contributed by atoms with Gasteiger partial charge in [-0.2, -0.15) is 0 Å². The normalized spacial score (nSPS) is 17.1. The fraction of sp³-hybridized carbons (Fsp3) is 0.412. The number of carbonyl (C=O) groups is 1. The Balaban J connectivity index is 1.61. The molecule has 1 fully saturated rings. The minimum Gasteiger partial charge on any atom is -0.383 e. The molecule has 22 heavy (non-hydrogen) atoms. The molecule has 1 amide bonds. The Morgan fingerprint density at radius 2 is 1.95 bits per heavy atom. The zero-order valence-electron chi connectivity index (χ0n) is 12.5. The quantitative estimate of drug-likeness (QED) is 0.912. The lowest BCUT2D eigenvalue weighted by Gasteiger charge is -2.25.